The maximum atomic E-state index is 10.5. The van der Waals surface area contributed by atoms with Crippen molar-refractivity contribution in [1.29, 1.82) is 0 Å². The minimum atomic E-state index is -0.724. The van der Waals surface area contributed by atoms with E-state index in [0.717, 1.165) is 31.8 Å². The Morgan fingerprint density at radius 3 is 3.00 bits per heavy atom. The van der Waals surface area contributed by atoms with Crippen LogP contribution in [0.1, 0.15) is 31.5 Å². The summed E-state index contributed by atoms with van der Waals surface area (Å²) < 4.78 is 5.12. The summed E-state index contributed by atoms with van der Waals surface area (Å²) in [5.41, 5.74) is 0. The van der Waals surface area contributed by atoms with E-state index in [-0.39, 0.29) is 12.3 Å². The number of aromatic nitrogens is 2. The fourth-order valence-corrected chi connectivity index (χ4v) is 2.05. The predicted molar refractivity (Wildman–Crippen MR) is 59.3 cm³/mol. The molecule has 1 fully saturated rings. The van der Waals surface area contributed by atoms with Crippen LogP contribution in [-0.4, -0.2) is 39.2 Å². The molecule has 0 aliphatic carbocycles. The second-order valence-electron chi connectivity index (χ2n) is 4.51. The van der Waals surface area contributed by atoms with E-state index >= 15 is 0 Å². The van der Waals surface area contributed by atoms with Gasteiger partial charge in [-0.15, -0.1) is 0 Å². The number of aryl methyl sites for hydroxylation is 1. The van der Waals surface area contributed by atoms with Crippen molar-refractivity contribution in [3.05, 3.63) is 11.7 Å². The average Bonchev–Trinajstić information content (AvgIpc) is 2.62. The molecular weight excluding hydrogens is 222 g/mol. The van der Waals surface area contributed by atoms with E-state index in [1.807, 2.05) is 0 Å². The van der Waals surface area contributed by atoms with Crippen LogP contribution >= 0.6 is 0 Å². The lowest BCUT2D eigenvalue weighted by atomic mass is 9.97. The van der Waals surface area contributed by atoms with Crippen LogP contribution in [0.2, 0.25) is 0 Å². The van der Waals surface area contributed by atoms with E-state index in [4.69, 9.17) is 9.63 Å². The number of hydrogen-bond donors (Lipinski definition) is 1. The zero-order valence-electron chi connectivity index (χ0n) is 9.93. The third kappa shape index (κ3) is 3.26. The van der Waals surface area contributed by atoms with Gasteiger partial charge in [0.05, 0.1) is 13.0 Å². The highest BCUT2D eigenvalue weighted by atomic mass is 16.5. The molecule has 6 heteroatoms. The van der Waals surface area contributed by atoms with E-state index < -0.39 is 5.97 Å². The van der Waals surface area contributed by atoms with Gasteiger partial charge in [0, 0.05) is 19.5 Å². The molecule has 1 N–H and O–H groups in total. The van der Waals surface area contributed by atoms with Crippen molar-refractivity contribution in [3.8, 4) is 0 Å². The summed E-state index contributed by atoms with van der Waals surface area (Å²) in [7, 11) is 0. The number of nitrogens with zero attached hydrogens (tertiary/aromatic N) is 3. The Kier molecular flexibility index (Phi) is 3.73. The van der Waals surface area contributed by atoms with Gasteiger partial charge in [0.2, 0.25) is 5.89 Å². The second kappa shape index (κ2) is 5.27. The summed E-state index contributed by atoms with van der Waals surface area (Å²) in [5.74, 6) is 0.926. The van der Waals surface area contributed by atoms with E-state index in [1.165, 1.54) is 0 Å². The SMILES string of the molecule is CCCc1noc(CN2CC(CC(=O)O)C2)n1. The molecule has 94 valence electrons. The number of hydrogen-bond acceptors (Lipinski definition) is 5. The van der Waals surface area contributed by atoms with E-state index in [0.29, 0.717) is 12.4 Å². The van der Waals surface area contributed by atoms with Crippen LogP contribution in [0.25, 0.3) is 0 Å². The lowest BCUT2D eigenvalue weighted by Crippen LogP contribution is -2.46. The lowest BCUT2D eigenvalue weighted by molar-refractivity contribution is -0.139. The fourth-order valence-electron chi connectivity index (χ4n) is 2.05. The first-order chi connectivity index (χ1) is 8.17. The monoisotopic (exact) mass is 239 g/mol. The second-order valence-corrected chi connectivity index (χ2v) is 4.51. The predicted octanol–water partition coefficient (Wildman–Crippen LogP) is 0.929. The van der Waals surface area contributed by atoms with Gasteiger partial charge in [-0.25, -0.2) is 0 Å². The molecule has 1 aromatic rings. The van der Waals surface area contributed by atoms with Gasteiger partial charge < -0.3 is 9.63 Å². The van der Waals surface area contributed by atoms with Crippen molar-refractivity contribution in [2.24, 2.45) is 5.92 Å². The molecular formula is C11H17N3O3. The Bertz CT molecular complexity index is 385. The highest BCUT2D eigenvalue weighted by Crippen LogP contribution is 2.20. The molecule has 1 aliphatic heterocycles. The van der Waals surface area contributed by atoms with Crippen LogP contribution in [0.5, 0.6) is 0 Å². The summed E-state index contributed by atoms with van der Waals surface area (Å²) in [6.07, 6.45) is 2.09. The molecule has 6 nitrogen and oxygen atoms in total. The van der Waals surface area contributed by atoms with Crippen molar-refractivity contribution in [1.82, 2.24) is 15.0 Å². The molecule has 0 radical (unpaired) electrons. The zero-order valence-corrected chi connectivity index (χ0v) is 9.93. The van der Waals surface area contributed by atoms with Gasteiger partial charge in [-0.3, -0.25) is 9.69 Å². The largest absolute Gasteiger partial charge is 0.481 e. The average molecular weight is 239 g/mol. The van der Waals surface area contributed by atoms with Gasteiger partial charge in [-0.2, -0.15) is 4.98 Å². The molecule has 0 unspecified atom stereocenters. The maximum absolute atomic E-state index is 10.5. The van der Waals surface area contributed by atoms with Crippen molar-refractivity contribution < 1.29 is 14.4 Å². The highest BCUT2D eigenvalue weighted by molar-refractivity contribution is 5.67. The van der Waals surface area contributed by atoms with Crippen LogP contribution in [0.4, 0.5) is 0 Å². The Balaban J connectivity index is 1.73. The number of aliphatic carboxylic acids is 1. The normalized spacial score (nSPS) is 17.0. The molecule has 2 heterocycles. The van der Waals surface area contributed by atoms with E-state index in [9.17, 15) is 4.79 Å². The highest BCUT2D eigenvalue weighted by Gasteiger charge is 2.29. The van der Waals surface area contributed by atoms with Gasteiger partial charge >= 0.3 is 5.97 Å². The molecule has 1 saturated heterocycles. The third-order valence-corrected chi connectivity index (χ3v) is 2.84. The van der Waals surface area contributed by atoms with Gasteiger partial charge in [0.15, 0.2) is 5.82 Å². The number of likely N-dealkylation sites (tertiary alicyclic amines) is 1. The molecule has 0 atom stereocenters. The molecule has 0 amide bonds. The topological polar surface area (TPSA) is 79.5 Å². The minimum absolute atomic E-state index is 0.251. The fraction of sp³-hybridized carbons (Fsp3) is 0.727. The molecule has 1 aliphatic rings. The first-order valence-corrected chi connectivity index (χ1v) is 5.93. The first kappa shape index (κ1) is 12.0. The van der Waals surface area contributed by atoms with Crippen molar-refractivity contribution in [2.45, 2.75) is 32.7 Å². The van der Waals surface area contributed by atoms with Crippen molar-refractivity contribution in [2.75, 3.05) is 13.1 Å². The molecule has 17 heavy (non-hydrogen) atoms. The molecule has 0 bridgehead atoms. The number of rotatable bonds is 6. The van der Waals surface area contributed by atoms with Crippen LogP contribution in [-0.2, 0) is 17.8 Å². The smallest absolute Gasteiger partial charge is 0.303 e. The quantitative estimate of drug-likeness (QED) is 0.795. The molecule has 1 aromatic heterocycles. The van der Waals surface area contributed by atoms with E-state index in [1.54, 1.807) is 0 Å². The van der Waals surface area contributed by atoms with Gasteiger partial charge in [-0.1, -0.05) is 12.1 Å². The van der Waals surface area contributed by atoms with Crippen LogP contribution < -0.4 is 0 Å². The Hall–Kier alpha value is -1.43. The minimum Gasteiger partial charge on any atom is -0.481 e. The van der Waals surface area contributed by atoms with Crippen LogP contribution in [0, 0.1) is 5.92 Å². The Morgan fingerprint density at radius 2 is 2.35 bits per heavy atom. The maximum Gasteiger partial charge on any atom is 0.303 e. The lowest BCUT2D eigenvalue weighted by Gasteiger charge is -2.37. The van der Waals surface area contributed by atoms with Gasteiger partial charge in [0.25, 0.3) is 0 Å². The molecule has 0 saturated carbocycles. The number of carboxylic acids is 1. The van der Waals surface area contributed by atoms with Gasteiger partial charge in [0.1, 0.15) is 0 Å². The molecule has 0 aromatic carbocycles. The summed E-state index contributed by atoms with van der Waals surface area (Å²) >= 11 is 0. The zero-order chi connectivity index (χ0) is 12.3. The summed E-state index contributed by atoms with van der Waals surface area (Å²) in [5, 5.41) is 12.5. The molecule has 2 rings (SSSR count). The molecule has 0 spiro atoms. The van der Waals surface area contributed by atoms with Gasteiger partial charge in [-0.05, 0) is 12.3 Å². The summed E-state index contributed by atoms with van der Waals surface area (Å²) in [4.78, 5) is 16.9. The first-order valence-electron chi connectivity index (χ1n) is 5.93. The Labute approximate surface area is 99.6 Å². The summed E-state index contributed by atoms with van der Waals surface area (Å²) in [6.45, 7) is 4.31. The van der Waals surface area contributed by atoms with Crippen LogP contribution in [0.15, 0.2) is 4.52 Å². The Morgan fingerprint density at radius 1 is 1.59 bits per heavy atom. The van der Waals surface area contributed by atoms with E-state index in [2.05, 4.69) is 22.0 Å². The standard InChI is InChI=1S/C11H17N3O3/c1-2-3-9-12-10(17-13-9)7-14-5-8(6-14)4-11(15)16/h8H,2-7H2,1H3,(H,15,16). The van der Waals surface area contributed by atoms with Crippen molar-refractivity contribution >= 4 is 5.97 Å². The van der Waals surface area contributed by atoms with Crippen LogP contribution in [0.3, 0.4) is 0 Å². The summed E-state index contributed by atoms with van der Waals surface area (Å²) in [6, 6.07) is 0. The number of carboxylic acid groups (broad SMARTS) is 1. The van der Waals surface area contributed by atoms with Crippen molar-refractivity contribution in [3.63, 3.8) is 0 Å². The third-order valence-electron chi connectivity index (χ3n) is 2.84. The number of carbonyl (C=O) groups is 1.